The van der Waals surface area contributed by atoms with Gasteiger partial charge in [0.2, 0.25) is 5.88 Å². The van der Waals surface area contributed by atoms with Crippen molar-refractivity contribution >= 4 is 0 Å². The van der Waals surface area contributed by atoms with Crippen molar-refractivity contribution in [1.29, 1.82) is 0 Å². The fourth-order valence-electron chi connectivity index (χ4n) is 2.00. The summed E-state index contributed by atoms with van der Waals surface area (Å²) >= 11 is 0. The summed E-state index contributed by atoms with van der Waals surface area (Å²) in [6.45, 7) is 1.95. The second-order valence-corrected chi connectivity index (χ2v) is 3.96. The van der Waals surface area contributed by atoms with Crippen LogP contribution < -0.4 is 4.74 Å². The summed E-state index contributed by atoms with van der Waals surface area (Å²) in [6, 6.07) is 0.682. The van der Waals surface area contributed by atoms with Gasteiger partial charge in [0.1, 0.15) is 0 Å². The molecule has 0 saturated carbocycles. The molecule has 0 amide bonds. The van der Waals surface area contributed by atoms with Gasteiger partial charge in [-0.15, -0.1) is 0 Å². The van der Waals surface area contributed by atoms with E-state index in [1.54, 1.807) is 18.6 Å². The average Bonchev–Trinajstić information content (AvgIpc) is 2.66. The van der Waals surface area contributed by atoms with Gasteiger partial charge in [0.15, 0.2) is 0 Å². The number of likely N-dealkylation sites (tertiary alicyclic amines) is 1. The highest BCUT2D eigenvalue weighted by Gasteiger charge is 2.20. The van der Waals surface area contributed by atoms with E-state index in [-0.39, 0.29) is 0 Å². The Labute approximate surface area is 90.3 Å². The molecule has 1 aliphatic rings. The van der Waals surface area contributed by atoms with E-state index >= 15 is 0 Å². The van der Waals surface area contributed by atoms with Crippen LogP contribution in [0.5, 0.6) is 5.88 Å². The zero-order valence-corrected chi connectivity index (χ0v) is 9.09. The Bertz CT molecular complexity index is 291. The first-order valence-corrected chi connectivity index (χ1v) is 5.45. The van der Waals surface area contributed by atoms with Crippen LogP contribution in [0.2, 0.25) is 0 Å². The molecule has 0 N–H and O–H groups in total. The maximum absolute atomic E-state index is 5.52. The smallest absolute Gasteiger partial charge is 0.232 e. The molecule has 0 spiro atoms. The van der Waals surface area contributed by atoms with Gasteiger partial charge in [-0.1, -0.05) is 0 Å². The number of aromatic nitrogens is 2. The quantitative estimate of drug-likeness (QED) is 0.746. The van der Waals surface area contributed by atoms with Crippen LogP contribution in [0.3, 0.4) is 0 Å². The standard InChI is InChI=1S/C11H17N3O/c1-14-7-2-3-10(14)4-8-15-11-9-12-5-6-13-11/h5-6,9-10H,2-4,7-8H2,1H3. The molecule has 4 heteroatoms. The normalized spacial score (nSPS) is 21.8. The molecule has 2 rings (SSSR count). The highest BCUT2D eigenvalue weighted by Crippen LogP contribution is 2.17. The van der Waals surface area contributed by atoms with Gasteiger partial charge >= 0.3 is 0 Å². The first-order chi connectivity index (χ1) is 7.36. The molecule has 0 aromatic carbocycles. The number of ether oxygens (including phenoxy) is 1. The van der Waals surface area contributed by atoms with E-state index in [4.69, 9.17) is 4.74 Å². The fourth-order valence-corrected chi connectivity index (χ4v) is 2.00. The van der Waals surface area contributed by atoms with Gasteiger partial charge in [0.25, 0.3) is 0 Å². The molecule has 0 radical (unpaired) electrons. The van der Waals surface area contributed by atoms with Gasteiger partial charge in [0.05, 0.1) is 12.8 Å². The SMILES string of the molecule is CN1CCCC1CCOc1cnccn1. The molecule has 2 heterocycles. The second kappa shape index (κ2) is 5.07. The highest BCUT2D eigenvalue weighted by molar-refractivity contribution is 5.00. The first kappa shape index (κ1) is 10.4. The third-order valence-corrected chi connectivity index (χ3v) is 2.91. The summed E-state index contributed by atoms with van der Waals surface area (Å²) in [7, 11) is 2.18. The molecule has 1 atom stereocenters. The van der Waals surface area contributed by atoms with Crippen LogP contribution in [0, 0.1) is 0 Å². The fraction of sp³-hybridized carbons (Fsp3) is 0.636. The van der Waals surface area contributed by atoms with Gasteiger partial charge in [-0.25, -0.2) is 4.98 Å². The summed E-state index contributed by atoms with van der Waals surface area (Å²) in [5, 5.41) is 0. The van der Waals surface area contributed by atoms with Crippen molar-refractivity contribution < 1.29 is 4.74 Å². The van der Waals surface area contributed by atoms with E-state index in [0.29, 0.717) is 11.9 Å². The Morgan fingerprint density at radius 2 is 2.47 bits per heavy atom. The van der Waals surface area contributed by atoms with Gasteiger partial charge in [0, 0.05) is 18.4 Å². The zero-order valence-electron chi connectivity index (χ0n) is 9.09. The van der Waals surface area contributed by atoms with Crippen molar-refractivity contribution in [1.82, 2.24) is 14.9 Å². The molecule has 0 aliphatic carbocycles. The van der Waals surface area contributed by atoms with Crippen LogP contribution in [0.4, 0.5) is 0 Å². The Kier molecular flexibility index (Phi) is 3.50. The molecule has 0 bridgehead atoms. The Hall–Kier alpha value is -1.16. The van der Waals surface area contributed by atoms with E-state index in [1.165, 1.54) is 19.4 Å². The first-order valence-electron chi connectivity index (χ1n) is 5.45. The minimum absolute atomic E-state index is 0.623. The molecule has 1 saturated heterocycles. The third-order valence-electron chi connectivity index (χ3n) is 2.91. The summed E-state index contributed by atoms with van der Waals surface area (Å²) in [6.07, 6.45) is 8.63. The summed E-state index contributed by atoms with van der Waals surface area (Å²) in [5.74, 6) is 0.623. The van der Waals surface area contributed by atoms with Crippen LogP contribution in [-0.4, -0.2) is 41.1 Å². The molecule has 1 aromatic rings. The molecular formula is C11H17N3O. The van der Waals surface area contributed by atoms with E-state index in [1.807, 2.05) is 0 Å². The van der Waals surface area contributed by atoms with Crippen LogP contribution in [0.1, 0.15) is 19.3 Å². The second-order valence-electron chi connectivity index (χ2n) is 3.96. The van der Waals surface area contributed by atoms with Gasteiger partial charge in [-0.05, 0) is 32.9 Å². The van der Waals surface area contributed by atoms with Crippen LogP contribution in [0.25, 0.3) is 0 Å². The Morgan fingerprint density at radius 1 is 1.53 bits per heavy atom. The minimum atomic E-state index is 0.623. The van der Waals surface area contributed by atoms with Crippen LogP contribution in [-0.2, 0) is 0 Å². The minimum Gasteiger partial charge on any atom is -0.477 e. The molecule has 15 heavy (non-hydrogen) atoms. The van der Waals surface area contributed by atoms with Crippen LogP contribution in [0.15, 0.2) is 18.6 Å². The van der Waals surface area contributed by atoms with Crippen molar-refractivity contribution in [2.75, 3.05) is 20.2 Å². The maximum Gasteiger partial charge on any atom is 0.232 e. The number of hydrogen-bond donors (Lipinski definition) is 0. The zero-order chi connectivity index (χ0) is 10.5. The van der Waals surface area contributed by atoms with Crippen molar-refractivity contribution in [3.8, 4) is 5.88 Å². The van der Waals surface area contributed by atoms with Crippen molar-refractivity contribution in [2.24, 2.45) is 0 Å². The molecule has 4 nitrogen and oxygen atoms in total. The predicted octanol–water partition coefficient (Wildman–Crippen LogP) is 1.34. The lowest BCUT2D eigenvalue weighted by molar-refractivity contribution is 0.228. The summed E-state index contributed by atoms with van der Waals surface area (Å²) in [4.78, 5) is 10.4. The molecule has 82 valence electrons. The maximum atomic E-state index is 5.52. The number of rotatable bonds is 4. The molecule has 1 unspecified atom stereocenters. The van der Waals surface area contributed by atoms with E-state index in [2.05, 4.69) is 21.9 Å². The monoisotopic (exact) mass is 207 g/mol. The molecule has 1 aliphatic heterocycles. The summed E-state index contributed by atoms with van der Waals surface area (Å²) < 4.78 is 5.52. The Morgan fingerprint density at radius 3 is 3.13 bits per heavy atom. The van der Waals surface area contributed by atoms with E-state index < -0.39 is 0 Å². The third kappa shape index (κ3) is 2.89. The largest absolute Gasteiger partial charge is 0.477 e. The number of nitrogens with zero attached hydrogens (tertiary/aromatic N) is 3. The molecule has 1 fully saturated rings. The predicted molar refractivity (Wildman–Crippen MR) is 57.8 cm³/mol. The van der Waals surface area contributed by atoms with Gasteiger partial charge in [-0.2, -0.15) is 0 Å². The van der Waals surface area contributed by atoms with Gasteiger partial charge in [-0.3, -0.25) is 4.98 Å². The Balaban J connectivity index is 1.71. The summed E-state index contributed by atoms with van der Waals surface area (Å²) in [5.41, 5.74) is 0. The van der Waals surface area contributed by atoms with Crippen molar-refractivity contribution in [3.63, 3.8) is 0 Å². The van der Waals surface area contributed by atoms with Crippen LogP contribution >= 0.6 is 0 Å². The molecular weight excluding hydrogens is 190 g/mol. The average molecular weight is 207 g/mol. The lowest BCUT2D eigenvalue weighted by atomic mass is 10.1. The van der Waals surface area contributed by atoms with Crippen molar-refractivity contribution in [2.45, 2.75) is 25.3 Å². The topological polar surface area (TPSA) is 38.2 Å². The molecule has 1 aromatic heterocycles. The lowest BCUT2D eigenvalue weighted by Crippen LogP contribution is -2.26. The highest BCUT2D eigenvalue weighted by atomic mass is 16.5. The van der Waals surface area contributed by atoms with Gasteiger partial charge < -0.3 is 9.64 Å². The van der Waals surface area contributed by atoms with E-state index in [9.17, 15) is 0 Å². The van der Waals surface area contributed by atoms with E-state index in [0.717, 1.165) is 13.0 Å². The lowest BCUT2D eigenvalue weighted by Gasteiger charge is -2.18. The number of hydrogen-bond acceptors (Lipinski definition) is 4. The van der Waals surface area contributed by atoms with Crippen molar-refractivity contribution in [3.05, 3.63) is 18.6 Å².